The lowest BCUT2D eigenvalue weighted by Gasteiger charge is -2.08. The zero-order chi connectivity index (χ0) is 18.1. The first-order valence-electron chi connectivity index (χ1n) is 8.53. The predicted octanol–water partition coefficient (Wildman–Crippen LogP) is 4.26. The number of nitrogens with one attached hydrogen (secondary N) is 1. The summed E-state index contributed by atoms with van der Waals surface area (Å²) in [6.45, 7) is 11.2. The van der Waals surface area contributed by atoms with Crippen LogP contribution in [0.1, 0.15) is 36.4 Å². The van der Waals surface area contributed by atoms with Crippen LogP contribution >= 0.6 is 11.3 Å². The Morgan fingerprint density at radius 1 is 1.28 bits per heavy atom. The molecular formula is C19H24N4OS. The molecule has 132 valence electrons. The van der Waals surface area contributed by atoms with Crippen molar-refractivity contribution in [2.45, 2.75) is 47.6 Å². The number of nitrogens with zero attached hydrogens (tertiary/aromatic N) is 3. The average Bonchev–Trinajstić information content (AvgIpc) is 3.01. The van der Waals surface area contributed by atoms with Gasteiger partial charge < -0.3 is 5.32 Å². The molecule has 1 N–H and O–H groups in total. The molecule has 1 aromatic carbocycles. The molecule has 3 aromatic rings. The number of hydrogen-bond acceptors (Lipinski definition) is 4. The Labute approximate surface area is 152 Å². The number of carbonyl (C=O) groups is 1. The molecule has 3 rings (SSSR count). The number of carbonyl (C=O) groups excluding carboxylic acids is 1. The van der Waals surface area contributed by atoms with E-state index >= 15 is 0 Å². The first kappa shape index (κ1) is 17.6. The topological polar surface area (TPSA) is 59.8 Å². The van der Waals surface area contributed by atoms with E-state index in [0.29, 0.717) is 17.5 Å². The van der Waals surface area contributed by atoms with Gasteiger partial charge in [-0.2, -0.15) is 5.10 Å². The Balaban J connectivity index is 1.74. The fourth-order valence-corrected chi connectivity index (χ4v) is 3.90. The van der Waals surface area contributed by atoms with E-state index in [-0.39, 0.29) is 5.91 Å². The average molecular weight is 356 g/mol. The van der Waals surface area contributed by atoms with Crippen LogP contribution in [-0.2, 0) is 17.8 Å². The minimum Gasteiger partial charge on any atom is -0.302 e. The van der Waals surface area contributed by atoms with Crippen LogP contribution < -0.4 is 5.32 Å². The Morgan fingerprint density at radius 2 is 2.04 bits per heavy atom. The Kier molecular flexibility index (Phi) is 4.90. The Morgan fingerprint density at radius 3 is 2.76 bits per heavy atom. The molecular weight excluding hydrogens is 332 g/mol. The van der Waals surface area contributed by atoms with Crippen LogP contribution in [0.5, 0.6) is 0 Å². The van der Waals surface area contributed by atoms with Crippen molar-refractivity contribution in [2.75, 3.05) is 5.32 Å². The number of anilines is 1. The number of aromatic nitrogens is 3. The first-order valence-corrected chi connectivity index (χ1v) is 9.35. The van der Waals surface area contributed by atoms with Gasteiger partial charge in [0.2, 0.25) is 5.91 Å². The fraction of sp³-hybridized carbons (Fsp3) is 0.421. The quantitative estimate of drug-likeness (QED) is 0.743. The molecule has 0 fully saturated rings. The summed E-state index contributed by atoms with van der Waals surface area (Å²) in [7, 11) is 0. The summed E-state index contributed by atoms with van der Waals surface area (Å²) in [5, 5.41) is 8.16. The lowest BCUT2D eigenvalue weighted by Crippen LogP contribution is -2.15. The van der Waals surface area contributed by atoms with Gasteiger partial charge in [0.25, 0.3) is 0 Å². The smallest absolute Gasteiger partial charge is 0.230 e. The van der Waals surface area contributed by atoms with E-state index in [2.05, 4.69) is 42.2 Å². The van der Waals surface area contributed by atoms with Crippen LogP contribution in [0.3, 0.4) is 0 Å². The van der Waals surface area contributed by atoms with E-state index in [0.717, 1.165) is 33.7 Å². The lowest BCUT2D eigenvalue weighted by atomic mass is 10.1. The van der Waals surface area contributed by atoms with Gasteiger partial charge in [-0.25, -0.2) is 4.98 Å². The van der Waals surface area contributed by atoms with Gasteiger partial charge in [0.1, 0.15) is 0 Å². The molecule has 0 atom stereocenters. The maximum atomic E-state index is 12.5. The van der Waals surface area contributed by atoms with Crippen molar-refractivity contribution in [1.29, 1.82) is 0 Å². The van der Waals surface area contributed by atoms with Crippen molar-refractivity contribution in [2.24, 2.45) is 5.92 Å². The zero-order valence-corrected chi connectivity index (χ0v) is 16.2. The molecule has 0 spiro atoms. The lowest BCUT2D eigenvalue weighted by molar-refractivity contribution is -0.115. The van der Waals surface area contributed by atoms with Crippen LogP contribution in [0.15, 0.2) is 18.2 Å². The van der Waals surface area contributed by atoms with E-state index in [9.17, 15) is 4.79 Å². The van der Waals surface area contributed by atoms with Crippen molar-refractivity contribution >= 4 is 32.6 Å². The van der Waals surface area contributed by atoms with Crippen LogP contribution in [0.25, 0.3) is 10.2 Å². The number of hydrogen-bond donors (Lipinski definition) is 1. The second-order valence-electron chi connectivity index (χ2n) is 6.94. The Bertz CT molecular complexity index is 923. The number of thiazole rings is 1. The third-order valence-corrected chi connectivity index (χ3v) is 5.13. The predicted molar refractivity (Wildman–Crippen MR) is 103 cm³/mol. The van der Waals surface area contributed by atoms with Gasteiger partial charge in [0.05, 0.1) is 22.3 Å². The van der Waals surface area contributed by atoms with E-state index in [1.807, 2.05) is 30.7 Å². The third-order valence-electron chi connectivity index (χ3n) is 4.20. The number of amides is 1. The number of aryl methyl sites for hydroxylation is 2. The van der Waals surface area contributed by atoms with Crippen molar-refractivity contribution in [3.63, 3.8) is 0 Å². The van der Waals surface area contributed by atoms with Crippen molar-refractivity contribution in [1.82, 2.24) is 14.8 Å². The number of benzene rings is 1. The Hall–Kier alpha value is -2.21. The molecule has 0 radical (unpaired) electrons. The van der Waals surface area contributed by atoms with Crippen molar-refractivity contribution in [3.05, 3.63) is 40.7 Å². The highest BCUT2D eigenvalue weighted by atomic mass is 32.1. The monoisotopic (exact) mass is 356 g/mol. The summed E-state index contributed by atoms with van der Waals surface area (Å²) < 4.78 is 3.09. The second kappa shape index (κ2) is 6.96. The summed E-state index contributed by atoms with van der Waals surface area (Å²) in [5.41, 5.74) is 5.12. The number of fused-ring (bicyclic) bond motifs is 1. The van der Waals surface area contributed by atoms with Gasteiger partial charge in [-0.05, 0) is 44.4 Å². The zero-order valence-electron chi connectivity index (χ0n) is 15.4. The van der Waals surface area contributed by atoms with Crippen molar-refractivity contribution < 1.29 is 4.79 Å². The minimum atomic E-state index is -0.0499. The molecule has 25 heavy (non-hydrogen) atoms. The van der Waals surface area contributed by atoms with Gasteiger partial charge in [0.15, 0.2) is 5.13 Å². The maximum Gasteiger partial charge on any atom is 0.230 e. The summed E-state index contributed by atoms with van der Waals surface area (Å²) in [6, 6.07) is 6.11. The summed E-state index contributed by atoms with van der Waals surface area (Å²) >= 11 is 1.51. The molecule has 0 unspecified atom stereocenters. The number of rotatable bonds is 5. The highest BCUT2D eigenvalue weighted by Crippen LogP contribution is 2.27. The van der Waals surface area contributed by atoms with Crippen LogP contribution in [-0.4, -0.2) is 20.7 Å². The van der Waals surface area contributed by atoms with E-state index in [1.54, 1.807) is 0 Å². The highest BCUT2D eigenvalue weighted by Gasteiger charge is 2.16. The van der Waals surface area contributed by atoms with Crippen LogP contribution in [0.4, 0.5) is 5.13 Å². The van der Waals surface area contributed by atoms with Gasteiger partial charge >= 0.3 is 0 Å². The molecule has 0 aliphatic rings. The summed E-state index contributed by atoms with van der Waals surface area (Å²) in [4.78, 5) is 17.0. The molecule has 2 aromatic heterocycles. The fourth-order valence-electron chi connectivity index (χ4n) is 2.92. The highest BCUT2D eigenvalue weighted by molar-refractivity contribution is 7.22. The SMILES string of the molecule is Cc1ccc2nc(NC(=O)Cc3c(C)nn(CC(C)C)c3C)sc2c1. The van der Waals surface area contributed by atoms with E-state index in [1.165, 1.54) is 16.9 Å². The largest absolute Gasteiger partial charge is 0.302 e. The first-order chi connectivity index (χ1) is 11.8. The molecule has 0 aliphatic carbocycles. The van der Waals surface area contributed by atoms with Crippen molar-refractivity contribution in [3.8, 4) is 0 Å². The second-order valence-corrected chi connectivity index (χ2v) is 7.97. The molecule has 0 bridgehead atoms. The summed E-state index contributed by atoms with van der Waals surface area (Å²) in [5.74, 6) is 0.469. The molecule has 0 aliphatic heterocycles. The van der Waals surface area contributed by atoms with E-state index in [4.69, 9.17) is 0 Å². The molecule has 6 heteroatoms. The molecule has 5 nitrogen and oxygen atoms in total. The molecule has 1 amide bonds. The van der Waals surface area contributed by atoms with Gasteiger partial charge in [-0.15, -0.1) is 0 Å². The van der Waals surface area contributed by atoms with Crippen LogP contribution in [0, 0.1) is 26.7 Å². The third kappa shape index (κ3) is 3.90. The normalized spacial score (nSPS) is 11.4. The van der Waals surface area contributed by atoms with Gasteiger partial charge in [-0.3, -0.25) is 9.48 Å². The minimum absolute atomic E-state index is 0.0499. The molecule has 0 saturated heterocycles. The molecule has 0 saturated carbocycles. The maximum absolute atomic E-state index is 12.5. The standard InChI is InChI=1S/C19H24N4OS/c1-11(2)10-23-14(5)15(13(4)22-23)9-18(24)21-19-20-16-7-6-12(3)8-17(16)25-19/h6-8,11H,9-10H2,1-5H3,(H,20,21,24). The van der Waals surface area contributed by atoms with E-state index < -0.39 is 0 Å². The van der Waals surface area contributed by atoms with Gasteiger partial charge in [0, 0.05) is 17.8 Å². The summed E-state index contributed by atoms with van der Waals surface area (Å²) in [6.07, 6.45) is 0.324. The van der Waals surface area contributed by atoms with Crippen LogP contribution in [0.2, 0.25) is 0 Å². The van der Waals surface area contributed by atoms with Gasteiger partial charge in [-0.1, -0.05) is 31.3 Å². The molecule has 2 heterocycles.